The largest absolute Gasteiger partial charge is 0.465 e. The summed E-state index contributed by atoms with van der Waals surface area (Å²) in [5.74, 6) is -0.420. The lowest BCUT2D eigenvalue weighted by atomic mass is 10.2. The van der Waals surface area contributed by atoms with E-state index < -0.39 is 12.0 Å². The summed E-state index contributed by atoms with van der Waals surface area (Å²) in [6.07, 6.45) is 0.321. The Morgan fingerprint density at radius 1 is 1.86 bits per heavy atom. The molecule has 0 aliphatic carbocycles. The number of nitrogens with two attached hydrogens (primary N) is 1. The predicted octanol–water partition coefficient (Wildman–Crippen LogP) is 1.23. The fraction of sp³-hybridized carbons (Fsp3) is 0.500. The van der Waals surface area contributed by atoms with Gasteiger partial charge in [0.1, 0.15) is 10.4 Å². The molecule has 1 atom stereocenters. The van der Waals surface area contributed by atoms with Crippen LogP contribution in [0.4, 0.5) is 0 Å². The molecule has 0 aromatic carbocycles. The second-order valence-corrected chi connectivity index (χ2v) is 4.09. The Hall–Kier alpha value is -0.650. The summed E-state index contributed by atoms with van der Waals surface area (Å²) in [4.78, 5) is 15.2. The van der Waals surface area contributed by atoms with Gasteiger partial charge in [-0.1, -0.05) is 11.6 Å². The lowest BCUT2D eigenvalue weighted by molar-refractivity contribution is -0.144. The van der Waals surface area contributed by atoms with Crippen molar-refractivity contribution in [3.8, 4) is 0 Å². The number of ether oxygens (including phenoxy) is 1. The lowest BCUT2D eigenvalue weighted by Crippen LogP contribution is -2.34. The van der Waals surface area contributed by atoms with Gasteiger partial charge in [-0.3, -0.25) is 4.79 Å². The number of carbonyl (C=O) groups excluding carboxylic acids is 1. The quantitative estimate of drug-likeness (QED) is 0.796. The molecule has 1 aromatic heterocycles. The fourth-order valence-corrected chi connectivity index (χ4v) is 1.72. The van der Waals surface area contributed by atoms with Gasteiger partial charge in [0.05, 0.1) is 17.8 Å². The Kier molecular flexibility index (Phi) is 4.31. The van der Waals surface area contributed by atoms with Gasteiger partial charge in [0.25, 0.3) is 0 Å². The Morgan fingerprint density at radius 2 is 2.57 bits per heavy atom. The van der Waals surface area contributed by atoms with E-state index in [1.54, 1.807) is 12.4 Å². The molecular weight excluding hydrogens is 224 g/mol. The first-order chi connectivity index (χ1) is 6.65. The minimum atomic E-state index is -0.686. The van der Waals surface area contributed by atoms with Gasteiger partial charge in [0.15, 0.2) is 0 Å². The van der Waals surface area contributed by atoms with Crippen molar-refractivity contribution in [3.05, 3.63) is 15.5 Å². The van der Waals surface area contributed by atoms with E-state index in [9.17, 15) is 4.79 Å². The summed E-state index contributed by atoms with van der Waals surface area (Å²) in [6, 6.07) is -0.686. The van der Waals surface area contributed by atoms with Crippen LogP contribution in [0.2, 0.25) is 4.34 Å². The fourth-order valence-electron chi connectivity index (χ4n) is 0.929. The molecular formula is C8H11ClN2O2S. The number of nitrogens with zero attached hydrogens (tertiary/aromatic N) is 1. The van der Waals surface area contributed by atoms with Gasteiger partial charge in [0, 0.05) is 6.42 Å². The van der Waals surface area contributed by atoms with E-state index in [1.165, 1.54) is 11.3 Å². The third-order valence-corrected chi connectivity index (χ3v) is 2.73. The number of hydrogen-bond acceptors (Lipinski definition) is 5. The predicted molar refractivity (Wildman–Crippen MR) is 55.4 cm³/mol. The molecule has 1 unspecified atom stereocenters. The van der Waals surface area contributed by atoms with Gasteiger partial charge in [-0.2, -0.15) is 0 Å². The molecule has 2 N–H and O–H groups in total. The minimum Gasteiger partial charge on any atom is -0.465 e. The number of hydrogen-bond donors (Lipinski definition) is 1. The van der Waals surface area contributed by atoms with E-state index >= 15 is 0 Å². The first-order valence-electron chi connectivity index (χ1n) is 4.15. The van der Waals surface area contributed by atoms with Crippen LogP contribution in [0.15, 0.2) is 5.51 Å². The molecule has 0 aliphatic heterocycles. The topological polar surface area (TPSA) is 65.2 Å². The zero-order chi connectivity index (χ0) is 10.6. The molecule has 4 nitrogen and oxygen atoms in total. The van der Waals surface area contributed by atoms with Crippen LogP contribution in [0, 0.1) is 0 Å². The molecule has 14 heavy (non-hydrogen) atoms. The van der Waals surface area contributed by atoms with E-state index in [4.69, 9.17) is 22.1 Å². The Bertz CT molecular complexity index is 316. The molecule has 1 rings (SSSR count). The van der Waals surface area contributed by atoms with Crippen LogP contribution in [-0.2, 0) is 16.0 Å². The first-order valence-corrected chi connectivity index (χ1v) is 5.41. The van der Waals surface area contributed by atoms with Crippen molar-refractivity contribution in [1.82, 2.24) is 4.98 Å². The second kappa shape index (κ2) is 5.29. The smallest absolute Gasteiger partial charge is 0.323 e. The number of aromatic nitrogens is 1. The van der Waals surface area contributed by atoms with Gasteiger partial charge < -0.3 is 10.5 Å². The summed E-state index contributed by atoms with van der Waals surface area (Å²) >= 11 is 7.13. The summed E-state index contributed by atoms with van der Waals surface area (Å²) in [6.45, 7) is 2.07. The maximum atomic E-state index is 11.2. The second-order valence-electron chi connectivity index (χ2n) is 2.64. The monoisotopic (exact) mass is 234 g/mol. The number of halogens is 1. The maximum absolute atomic E-state index is 11.2. The molecule has 0 radical (unpaired) electrons. The van der Waals surface area contributed by atoms with Crippen LogP contribution in [0.5, 0.6) is 0 Å². The highest BCUT2D eigenvalue weighted by atomic mass is 35.5. The summed E-state index contributed by atoms with van der Waals surface area (Å²) in [7, 11) is 0. The van der Waals surface area contributed by atoms with Gasteiger partial charge >= 0.3 is 5.97 Å². The zero-order valence-electron chi connectivity index (χ0n) is 7.70. The Labute approximate surface area is 91.0 Å². The molecule has 0 aliphatic rings. The van der Waals surface area contributed by atoms with Gasteiger partial charge in [-0.05, 0) is 6.92 Å². The van der Waals surface area contributed by atoms with Crippen LogP contribution >= 0.6 is 22.9 Å². The van der Waals surface area contributed by atoms with Crippen LogP contribution in [0.25, 0.3) is 0 Å². The molecule has 6 heteroatoms. The average molecular weight is 235 g/mol. The van der Waals surface area contributed by atoms with E-state index in [1.807, 2.05) is 0 Å². The highest BCUT2D eigenvalue weighted by molar-refractivity contribution is 7.14. The summed E-state index contributed by atoms with van der Waals surface area (Å²) in [5.41, 5.74) is 7.87. The van der Waals surface area contributed by atoms with Crippen molar-refractivity contribution in [2.24, 2.45) is 5.73 Å². The van der Waals surface area contributed by atoms with E-state index in [0.29, 0.717) is 23.1 Å². The molecule has 0 fully saturated rings. The zero-order valence-corrected chi connectivity index (χ0v) is 9.27. The van der Waals surface area contributed by atoms with Crippen LogP contribution in [0.1, 0.15) is 12.6 Å². The lowest BCUT2D eigenvalue weighted by Gasteiger charge is -2.08. The van der Waals surface area contributed by atoms with Gasteiger partial charge in [0.2, 0.25) is 0 Å². The van der Waals surface area contributed by atoms with Crippen molar-refractivity contribution >= 4 is 28.9 Å². The molecule has 1 heterocycles. The molecule has 0 saturated heterocycles. The van der Waals surface area contributed by atoms with Gasteiger partial charge in [-0.15, -0.1) is 11.3 Å². The van der Waals surface area contributed by atoms with E-state index in [0.717, 1.165) is 0 Å². The number of esters is 1. The molecule has 0 bridgehead atoms. The van der Waals surface area contributed by atoms with Crippen molar-refractivity contribution < 1.29 is 9.53 Å². The number of rotatable bonds is 4. The third-order valence-electron chi connectivity index (χ3n) is 1.59. The molecule has 1 aromatic rings. The van der Waals surface area contributed by atoms with Gasteiger partial charge in [-0.25, -0.2) is 4.98 Å². The van der Waals surface area contributed by atoms with Crippen LogP contribution in [0.3, 0.4) is 0 Å². The van der Waals surface area contributed by atoms with E-state index in [-0.39, 0.29) is 0 Å². The van der Waals surface area contributed by atoms with Crippen molar-refractivity contribution in [3.63, 3.8) is 0 Å². The van der Waals surface area contributed by atoms with E-state index in [2.05, 4.69) is 4.98 Å². The summed E-state index contributed by atoms with van der Waals surface area (Å²) in [5, 5.41) is 0. The molecule has 78 valence electrons. The Morgan fingerprint density at radius 3 is 3.07 bits per heavy atom. The molecule has 0 amide bonds. The van der Waals surface area contributed by atoms with Crippen molar-refractivity contribution in [2.45, 2.75) is 19.4 Å². The molecule has 0 spiro atoms. The number of thiazole rings is 1. The normalized spacial score (nSPS) is 12.5. The SMILES string of the molecule is CCOC(=O)C(N)Cc1ncsc1Cl. The standard InChI is InChI=1S/C8H11ClN2O2S/c1-2-13-8(12)5(10)3-6-7(9)14-4-11-6/h4-5H,2-3,10H2,1H3. The number of carbonyl (C=O) groups is 1. The van der Waals surface area contributed by atoms with Crippen LogP contribution in [-0.4, -0.2) is 23.6 Å². The highest BCUT2D eigenvalue weighted by Gasteiger charge is 2.17. The average Bonchev–Trinajstić information content (AvgIpc) is 2.52. The third kappa shape index (κ3) is 2.94. The first kappa shape index (κ1) is 11.4. The van der Waals surface area contributed by atoms with Crippen molar-refractivity contribution in [1.29, 1.82) is 0 Å². The van der Waals surface area contributed by atoms with Crippen LogP contribution < -0.4 is 5.73 Å². The molecule has 0 saturated carbocycles. The Balaban J connectivity index is 2.52. The van der Waals surface area contributed by atoms with Crippen molar-refractivity contribution in [2.75, 3.05) is 6.61 Å². The minimum absolute atomic E-state index is 0.321. The highest BCUT2D eigenvalue weighted by Crippen LogP contribution is 2.20. The maximum Gasteiger partial charge on any atom is 0.323 e. The summed E-state index contributed by atoms with van der Waals surface area (Å²) < 4.78 is 5.33.